The lowest BCUT2D eigenvalue weighted by Crippen LogP contribution is -2.35. The fraction of sp³-hybridized carbons (Fsp3) is 0.455. The molecule has 10 heteroatoms. The molecule has 170 valence electrons. The quantitative estimate of drug-likeness (QED) is 0.582. The van der Waals surface area contributed by atoms with Crippen molar-refractivity contribution in [2.75, 3.05) is 38.8 Å². The van der Waals surface area contributed by atoms with E-state index in [1.54, 1.807) is 14.2 Å². The van der Waals surface area contributed by atoms with Crippen LogP contribution in [0.15, 0.2) is 29.2 Å². The Morgan fingerprint density at radius 1 is 1.28 bits per heavy atom. The number of benzene rings is 1. The highest BCUT2D eigenvalue weighted by molar-refractivity contribution is 7.20. The van der Waals surface area contributed by atoms with Crippen molar-refractivity contribution in [3.63, 3.8) is 0 Å². The molecule has 1 amide bonds. The van der Waals surface area contributed by atoms with E-state index in [-0.39, 0.29) is 5.56 Å². The van der Waals surface area contributed by atoms with Crippen LogP contribution in [0, 0.1) is 5.92 Å². The van der Waals surface area contributed by atoms with Gasteiger partial charge in [0.15, 0.2) is 11.5 Å². The number of methoxy groups -OCH3 is 2. The van der Waals surface area contributed by atoms with Crippen molar-refractivity contribution in [3.05, 3.63) is 45.9 Å². The van der Waals surface area contributed by atoms with Crippen molar-refractivity contribution in [2.24, 2.45) is 5.92 Å². The number of anilines is 1. The maximum atomic E-state index is 12.9. The van der Waals surface area contributed by atoms with Crippen LogP contribution in [0.3, 0.4) is 0 Å². The van der Waals surface area contributed by atoms with E-state index in [1.165, 1.54) is 28.5 Å². The standard InChI is InChI=1S/C22H27N5O4S/c1-14-5-4-10-26(13-14)22-25-27-20(29)16(12-24-21(27)32-22)19(28)23-9-8-15-6-7-17(30-2)18(11-15)31-3/h6-7,11-12,14H,4-5,8-10,13H2,1-3H3,(H,23,28). The number of hydrogen-bond acceptors (Lipinski definition) is 8. The lowest BCUT2D eigenvalue weighted by molar-refractivity contribution is 0.0952. The van der Waals surface area contributed by atoms with Gasteiger partial charge in [0, 0.05) is 25.8 Å². The van der Waals surface area contributed by atoms with Crippen molar-refractivity contribution >= 4 is 27.3 Å². The van der Waals surface area contributed by atoms with Crippen molar-refractivity contribution in [2.45, 2.75) is 26.2 Å². The largest absolute Gasteiger partial charge is 0.493 e. The molecule has 1 atom stereocenters. The normalized spacial score (nSPS) is 16.2. The van der Waals surface area contributed by atoms with E-state index in [9.17, 15) is 9.59 Å². The second-order valence-electron chi connectivity index (χ2n) is 7.94. The van der Waals surface area contributed by atoms with Gasteiger partial charge < -0.3 is 19.7 Å². The Bertz CT molecular complexity index is 1170. The molecule has 1 aromatic carbocycles. The summed E-state index contributed by atoms with van der Waals surface area (Å²) in [5.74, 6) is 1.41. The van der Waals surface area contributed by atoms with E-state index in [4.69, 9.17) is 9.47 Å². The van der Waals surface area contributed by atoms with Gasteiger partial charge in [0.25, 0.3) is 11.5 Å². The molecule has 1 aliphatic rings. The van der Waals surface area contributed by atoms with Gasteiger partial charge in [-0.25, -0.2) is 4.98 Å². The average Bonchev–Trinajstić information content (AvgIpc) is 3.24. The predicted molar refractivity (Wildman–Crippen MR) is 123 cm³/mol. The second-order valence-corrected chi connectivity index (χ2v) is 8.88. The topological polar surface area (TPSA) is 98.1 Å². The van der Waals surface area contributed by atoms with Crippen LogP contribution in [0.25, 0.3) is 4.96 Å². The number of fused-ring (bicyclic) bond motifs is 1. The lowest BCUT2D eigenvalue weighted by Gasteiger charge is -2.30. The highest BCUT2D eigenvalue weighted by Crippen LogP contribution is 2.28. The lowest BCUT2D eigenvalue weighted by atomic mass is 10.0. The van der Waals surface area contributed by atoms with Crippen LogP contribution in [0.1, 0.15) is 35.7 Å². The fourth-order valence-corrected chi connectivity index (χ4v) is 4.77. The minimum Gasteiger partial charge on any atom is -0.493 e. The number of carbonyl (C=O) groups excluding carboxylic acids is 1. The average molecular weight is 458 g/mol. The highest BCUT2D eigenvalue weighted by atomic mass is 32.1. The first-order valence-electron chi connectivity index (χ1n) is 10.6. The molecule has 0 spiro atoms. The van der Waals surface area contributed by atoms with E-state index in [0.29, 0.717) is 35.3 Å². The molecule has 3 heterocycles. The number of nitrogens with one attached hydrogen (secondary N) is 1. The summed E-state index contributed by atoms with van der Waals surface area (Å²) in [5.41, 5.74) is 0.512. The van der Waals surface area contributed by atoms with Crippen LogP contribution < -0.4 is 25.2 Å². The number of carbonyl (C=O) groups is 1. The van der Waals surface area contributed by atoms with Gasteiger partial charge in [-0.15, -0.1) is 5.10 Å². The molecule has 0 radical (unpaired) electrons. The van der Waals surface area contributed by atoms with E-state index >= 15 is 0 Å². The van der Waals surface area contributed by atoms with E-state index < -0.39 is 11.5 Å². The third-order valence-corrected chi connectivity index (χ3v) is 6.58. The highest BCUT2D eigenvalue weighted by Gasteiger charge is 2.22. The molecular weight excluding hydrogens is 430 g/mol. The number of hydrogen-bond donors (Lipinski definition) is 1. The van der Waals surface area contributed by atoms with Gasteiger partial charge in [0.1, 0.15) is 5.56 Å². The summed E-state index contributed by atoms with van der Waals surface area (Å²) in [5, 5.41) is 8.02. The second kappa shape index (κ2) is 9.56. The Balaban J connectivity index is 1.44. The zero-order chi connectivity index (χ0) is 22.7. The van der Waals surface area contributed by atoms with Crippen LogP contribution in [-0.4, -0.2) is 54.4 Å². The zero-order valence-corrected chi connectivity index (χ0v) is 19.3. The monoisotopic (exact) mass is 457 g/mol. The van der Waals surface area contributed by atoms with Crippen LogP contribution >= 0.6 is 11.3 Å². The van der Waals surface area contributed by atoms with Gasteiger partial charge in [-0.2, -0.15) is 4.52 Å². The van der Waals surface area contributed by atoms with Crippen molar-refractivity contribution in [3.8, 4) is 11.5 Å². The maximum Gasteiger partial charge on any atom is 0.288 e. The molecule has 0 saturated carbocycles. The molecule has 2 aromatic heterocycles. The molecule has 4 rings (SSSR count). The minimum atomic E-state index is -0.460. The van der Waals surface area contributed by atoms with Crippen LogP contribution in [0.2, 0.25) is 0 Å². The molecule has 1 fully saturated rings. The molecule has 1 unspecified atom stereocenters. The Hall–Kier alpha value is -3.14. The number of ether oxygens (including phenoxy) is 2. The molecule has 9 nitrogen and oxygen atoms in total. The maximum absolute atomic E-state index is 12.9. The summed E-state index contributed by atoms with van der Waals surface area (Å²) < 4.78 is 11.8. The third-order valence-electron chi connectivity index (χ3n) is 5.60. The molecule has 32 heavy (non-hydrogen) atoms. The molecule has 0 bridgehead atoms. The Labute approximate surface area is 190 Å². The van der Waals surface area contributed by atoms with E-state index in [1.807, 2.05) is 18.2 Å². The van der Waals surface area contributed by atoms with Crippen molar-refractivity contribution in [1.82, 2.24) is 19.9 Å². The number of rotatable bonds is 7. The summed E-state index contributed by atoms with van der Waals surface area (Å²) in [6.07, 6.45) is 4.22. The Morgan fingerprint density at radius 3 is 2.84 bits per heavy atom. The minimum absolute atomic E-state index is 0.0151. The van der Waals surface area contributed by atoms with Crippen LogP contribution in [-0.2, 0) is 6.42 Å². The van der Waals surface area contributed by atoms with E-state index in [0.717, 1.165) is 30.2 Å². The van der Waals surface area contributed by atoms with Gasteiger partial charge in [-0.05, 0) is 42.9 Å². The molecule has 0 aliphatic carbocycles. The summed E-state index contributed by atoms with van der Waals surface area (Å²) in [6.45, 7) is 4.42. The third kappa shape index (κ3) is 4.55. The Morgan fingerprint density at radius 2 is 2.09 bits per heavy atom. The first kappa shape index (κ1) is 22.1. The van der Waals surface area contributed by atoms with Crippen LogP contribution in [0.5, 0.6) is 11.5 Å². The van der Waals surface area contributed by atoms with Gasteiger partial charge in [-0.3, -0.25) is 9.59 Å². The molecule has 1 saturated heterocycles. The zero-order valence-electron chi connectivity index (χ0n) is 18.5. The SMILES string of the molecule is COc1ccc(CCNC(=O)c2cnc3sc(N4CCCC(C)C4)nn3c2=O)cc1OC. The van der Waals surface area contributed by atoms with E-state index in [2.05, 4.69) is 27.2 Å². The smallest absolute Gasteiger partial charge is 0.288 e. The van der Waals surface area contributed by atoms with Crippen LogP contribution in [0.4, 0.5) is 5.13 Å². The Kier molecular flexibility index (Phi) is 6.59. The number of piperidine rings is 1. The van der Waals surface area contributed by atoms with Crippen molar-refractivity contribution < 1.29 is 14.3 Å². The molecule has 3 aromatic rings. The predicted octanol–water partition coefficient (Wildman–Crippen LogP) is 2.38. The molecular formula is C22H27N5O4S. The number of nitrogens with zero attached hydrogens (tertiary/aromatic N) is 4. The van der Waals surface area contributed by atoms with Gasteiger partial charge in [-0.1, -0.05) is 24.3 Å². The summed E-state index contributed by atoms with van der Waals surface area (Å²) in [6, 6.07) is 5.60. The molecule has 1 aliphatic heterocycles. The van der Waals surface area contributed by atoms with Gasteiger partial charge in [0.05, 0.1) is 14.2 Å². The number of aromatic nitrogens is 3. The number of amides is 1. The summed E-state index contributed by atoms with van der Waals surface area (Å²) >= 11 is 1.37. The summed E-state index contributed by atoms with van der Waals surface area (Å²) in [4.78, 5) is 32.5. The fourth-order valence-electron chi connectivity index (χ4n) is 3.87. The molecule has 1 N–H and O–H groups in total. The van der Waals surface area contributed by atoms with Gasteiger partial charge in [0.2, 0.25) is 10.1 Å². The summed E-state index contributed by atoms with van der Waals surface area (Å²) in [7, 11) is 3.16. The first-order chi connectivity index (χ1) is 15.5. The van der Waals surface area contributed by atoms with Crippen molar-refractivity contribution in [1.29, 1.82) is 0 Å². The van der Waals surface area contributed by atoms with Gasteiger partial charge >= 0.3 is 0 Å². The first-order valence-corrected chi connectivity index (χ1v) is 11.4.